The lowest BCUT2D eigenvalue weighted by molar-refractivity contribution is -0.384. The third-order valence-corrected chi connectivity index (χ3v) is 2.88. The average Bonchev–Trinajstić information content (AvgIpc) is 2.81. The van der Waals surface area contributed by atoms with Crippen LogP contribution >= 0.6 is 0 Å². The highest BCUT2D eigenvalue weighted by atomic mass is 16.6. The monoisotopic (exact) mass is 237 g/mol. The summed E-state index contributed by atoms with van der Waals surface area (Å²) in [7, 11) is 0. The van der Waals surface area contributed by atoms with Crippen molar-refractivity contribution in [2.24, 2.45) is 5.84 Å². The van der Waals surface area contributed by atoms with E-state index in [0.29, 0.717) is 17.7 Å². The molecule has 7 nitrogen and oxygen atoms in total. The van der Waals surface area contributed by atoms with Crippen LogP contribution in [-0.4, -0.2) is 15.9 Å². The standard InChI is InChI=1S/C10H15N5O2/c11-14-10-6-8(15(16)17)5-9(13-10)12-7-3-1-2-4-7/h5-7H,1-4,11H2,(H2,12,13,14). The highest BCUT2D eigenvalue weighted by molar-refractivity contribution is 5.54. The Kier molecular flexibility index (Phi) is 3.38. The minimum atomic E-state index is -0.456. The van der Waals surface area contributed by atoms with Gasteiger partial charge in [-0.2, -0.15) is 0 Å². The van der Waals surface area contributed by atoms with Crippen molar-refractivity contribution in [1.29, 1.82) is 0 Å². The molecular weight excluding hydrogens is 222 g/mol. The zero-order chi connectivity index (χ0) is 12.3. The molecule has 0 amide bonds. The van der Waals surface area contributed by atoms with Crippen molar-refractivity contribution >= 4 is 17.3 Å². The van der Waals surface area contributed by atoms with Gasteiger partial charge in [0.15, 0.2) is 0 Å². The molecule has 2 rings (SSSR count). The van der Waals surface area contributed by atoms with E-state index in [1.165, 1.54) is 25.0 Å². The molecule has 1 aliphatic carbocycles. The summed E-state index contributed by atoms with van der Waals surface area (Å²) in [6, 6.07) is 3.09. The van der Waals surface area contributed by atoms with E-state index in [2.05, 4.69) is 15.7 Å². The lowest BCUT2D eigenvalue weighted by Gasteiger charge is -2.13. The predicted molar refractivity (Wildman–Crippen MR) is 64.6 cm³/mol. The van der Waals surface area contributed by atoms with Crippen LogP contribution in [0.1, 0.15) is 25.7 Å². The molecule has 1 fully saturated rings. The Labute approximate surface area is 98.5 Å². The molecule has 0 bridgehead atoms. The molecule has 4 N–H and O–H groups in total. The zero-order valence-corrected chi connectivity index (χ0v) is 9.35. The maximum absolute atomic E-state index is 10.7. The number of hydrogen-bond donors (Lipinski definition) is 3. The number of pyridine rings is 1. The summed E-state index contributed by atoms with van der Waals surface area (Å²) in [5, 5.41) is 13.9. The van der Waals surface area contributed by atoms with Crippen LogP contribution in [0.2, 0.25) is 0 Å². The van der Waals surface area contributed by atoms with E-state index in [0.717, 1.165) is 12.8 Å². The van der Waals surface area contributed by atoms with Crippen molar-refractivity contribution in [3.63, 3.8) is 0 Å². The molecular formula is C10H15N5O2. The Morgan fingerprint density at radius 3 is 2.59 bits per heavy atom. The van der Waals surface area contributed by atoms with Crippen LogP contribution in [0.4, 0.5) is 17.3 Å². The molecule has 1 aliphatic rings. The number of nitro groups is 1. The number of nitrogens with zero attached hydrogens (tertiary/aromatic N) is 2. The summed E-state index contributed by atoms with van der Waals surface area (Å²) in [4.78, 5) is 14.4. The van der Waals surface area contributed by atoms with Crippen molar-refractivity contribution in [2.45, 2.75) is 31.7 Å². The van der Waals surface area contributed by atoms with Gasteiger partial charge in [-0.15, -0.1) is 0 Å². The number of nitrogen functional groups attached to an aromatic ring is 1. The number of aromatic nitrogens is 1. The molecule has 92 valence electrons. The summed E-state index contributed by atoms with van der Waals surface area (Å²) in [6.07, 6.45) is 4.54. The molecule has 1 aromatic heterocycles. The summed E-state index contributed by atoms with van der Waals surface area (Å²) >= 11 is 0. The fourth-order valence-electron chi connectivity index (χ4n) is 2.05. The van der Waals surface area contributed by atoms with Gasteiger partial charge in [0, 0.05) is 6.04 Å². The van der Waals surface area contributed by atoms with E-state index in [9.17, 15) is 10.1 Å². The summed E-state index contributed by atoms with van der Waals surface area (Å²) in [6.45, 7) is 0. The van der Waals surface area contributed by atoms with E-state index in [4.69, 9.17) is 5.84 Å². The van der Waals surface area contributed by atoms with Crippen LogP contribution in [0, 0.1) is 10.1 Å². The quantitative estimate of drug-likeness (QED) is 0.417. The van der Waals surface area contributed by atoms with E-state index in [-0.39, 0.29) is 5.69 Å². The molecule has 0 aromatic carbocycles. The Morgan fingerprint density at radius 1 is 1.35 bits per heavy atom. The van der Waals surface area contributed by atoms with Crippen molar-refractivity contribution in [3.05, 3.63) is 22.2 Å². The van der Waals surface area contributed by atoms with Gasteiger partial charge in [-0.25, -0.2) is 10.8 Å². The molecule has 0 spiro atoms. The van der Waals surface area contributed by atoms with Gasteiger partial charge < -0.3 is 10.7 Å². The normalized spacial score (nSPS) is 15.8. The molecule has 0 aliphatic heterocycles. The van der Waals surface area contributed by atoms with Crippen LogP contribution in [0.3, 0.4) is 0 Å². The van der Waals surface area contributed by atoms with Gasteiger partial charge >= 0.3 is 0 Å². The number of hydrazine groups is 1. The topological polar surface area (TPSA) is 106 Å². The van der Waals surface area contributed by atoms with Crippen molar-refractivity contribution in [1.82, 2.24) is 4.98 Å². The molecule has 17 heavy (non-hydrogen) atoms. The number of nitrogens with two attached hydrogens (primary N) is 1. The number of nitrogens with one attached hydrogen (secondary N) is 2. The van der Waals surface area contributed by atoms with Crippen LogP contribution in [0.15, 0.2) is 12.1 Å². The first-order valence-corrected chi connectivity index (χ1v) is 5.58. The highest BCUT2D eigenvalue weighted by Gasteiger charge is 2.17. The third kappa shape index (κ3) is 2.82. The zero-order valence-electron chi connectivity index (χ0n) is 9.35. The van der Waals surface area contributed by atoms with E-state index < -0.39 is 4.92 Å². The molecule has 1 heterocycles. The summed E-state index contributed by atoms with van der Waals surface area (Å²) < 4.78 is 0. The van der Waals surface area contributed by atoms with Crippen LogP contribution < -0.4 is 16.6 Å². The van der Waals surface area contributed by atoms with Crippen molar-refractivity contribution in [3.8, 4) is 0 Å². The highest BCUT2D eigenvalue weighted by Crippen LogP contribution is 2.25. The molecule has 1 aromatic rings. The largest absolute Gasteiger partial charge is 0.367 e. The Bertz CT molecular complexity index is 417. The lowest BCUT2D eigenvalue weighted by atomic mass is 10.2. The van der Waals surface area contributed by atoms with Crippen LogP contribution in [-0.2, 0) is 0 Å². The fraction of sp³-hybridized carbons (Fsp3) is 0.500. The van der Waals surface area contributed by atoms with Crippen molar-refractivity contribution < 1.29 is 4.92 Å². The van der Waals surface area contributed by atoms with Gasteiger partial charge in [0.05, 0.1) is 17.1 Å². The Balaban J connectivity index is 2.19. The van der Waals surface area contributed by atoms with Crippen LogP contribution in [0.25, 0.3) is 0 Å². The minimum absolute atomic E-state index is 0.0200. The second-order valence-electron chi connectivity index (χ2n) is 4.12. The first kappa shape index (κ1) is 11.6. The molecule has 0 saturated heterocycles. The second-order valence-corrected chi connectivity index (χ2v) is 4.12. The van der Waals surface area contributed by atoms with E-state index >= 15 is 0 Å². The summed E-state index contributed by atoms with van der Waals surface area (Å²) in [5.74, 6) is 6.02. The lowest BCUT2D eigenvalue weighted by Crippen LogP contribution is -2.17. The average molecular weight is 237 g/mol. The van der Waals surface area contributed by atoms with Gasteiger partial charge in [0.1, 0.15) is 11.6 Å². The van der Waals surface area contributed by atoms with Crippen molar-refractivity contribution in [2.75, 3.05) is 10.7 Å². The molecule has 0 radical (unpaired) electrons. The SMILES string of the molecule is NNc1cc([N+](=O)[O-])cc(NC2CCCC2)n1. The number of anilines is 2. The number of rotatable bonds is 4. The first-order valence-electron chi connectivity index (χ1n) is 5.58. The Hall–Kier alpha value is -1.89. The molecule has 0 atom stereocenters. The van der Waals surface area contributed by atoms with Gasteiger partial charge in [0.25, 0.3) is 5.69 Å². The molecule has 7 heteroatoms. The van der Waals surface area contributed by atoms with Crippen LogP contribution in [0.5, 0.6) is 0 Å². The number of hydrogen-bond acceptors (Lipinski definition) is 6. The third-order valence-electron chi connectivity index (χ3n) is 2.88. The first-order chi connectivity index (χ1) is 8.19. The van der Waals surface area contributed by atoms with E-state index in [1.54, 1.807) is 0 Å². The predicted octanol–water partition coefficient (Wildman–Crippen LogP) is 1.63. The van der Waals surface area contributed by atoms with Gasteiger partial charge in [-0.1, -0.05) is 12.8 Å². The molecule has 1 saturated carbocycles. The van der Waals surface area contributed by atoms with Gasteiger partial charge in [-0.05, 0) is 12.8 Å². The van der Waals surface area contributed by atoms with E-state index in [1.807, 2.05) is 0 Å². The summed E-state index contributed by atoms with van der Waals surface area (Å²) in [5.41, 5.74) is 2.31. The maximum atomic E-state index is 10.7. The van der Waals surface area contributed by atoms with Gasteiger partial charge in [-0.3, -0.25) is 10.1 Å². The van der Waals surface area contributed by atoms with Gasteiger partial charge in [0.2, 0.25) is 0 Å². The second kappa shape index (κ2) is 4.96. The Morgan fingerprint density at radius 2 is 2.00 bits per heavy atom. The minimum Gasteiger partial charge on any atom is -0.367 e. The molecule has 0 unspecified atom stereocenters. The fourth-order valence-corrected chi connectivity index (χ4v) is 2.05. The smallest absolute Gasteiger partial charge is 0.276 e. The maximum Gasteiger partial charge on any atom is 0.276 e.